The lowest BCUT2D eigenvalue weighted by molar-refractivity contribution is -0.119. The number of ether oxygens (including phenoxy) is 1. The number of carbonyl (C=O) groups is 1. The molecule has 1 amide bonds. The minimum absolute atomic E-state index is 0.0865. The van der Waals surface area contributed by atoms with E-state index in [1.54, 1.807) is 31.4 Å². The molecule has 0 bridgehead atoms. The molecule has 3 aromatic rings. The number of aromatic nitrogens is 2. The van der Waals surface area contributed by atoms with Gasteiger partial charge in [0.05, 0.1) is 25.6 Å². The van der Waals surface area contributed by atoms with E-state index in [1.165, 1.54) is 12.1 Å². The van der Waals surface area contributed by atoms with Crippen molar-refractivity contribution in [3.8, 4) is 17.1 Å². The summed E-state index contributed by atoms with van der Waals surface area (Å²) in [5.74, 6) is -0.00402. The van der Waals surface area contributed by atoms with E-state index in [2.05, 4.69) is 15.5 Å². The Morgan fingerprint density at radius 3 is 2.63 bits per heavy atom. The second kappa shape index (κ2) is 8.91. The average molecular weight is 434 g/mol. The maximum Gasteiger partial charge on any atom is 0.246 e. The first-order chi connectivity index (χ1) is 14.3. The number of halogens is 1. The van der Waals surface area contributed by atoms with Crippen LogP contribution in [0.15, 0.2) is 53.1 Å². The minimum atomic E-state index is -3.76. The number of hydrogen-bond donors (Lipinski definition) is 1. The standard InChI is InChI=1S/C19H19FN4O5S/c1-28-16-5-3-4-13(10-16)19-22-18(29-23-19)11-21-17(25)12-24(30(2,26)27)15-8-6-14(20)7-9-15/h3-10H,11-12H2,1-2H3,(H,21,25). The molecule has 30 heavy (non-hydrogen) atoms. The molecule has 158 valence electrons. The highest BCUT2D eigenvalue weighted by Gasteiger charge is 2.21. The Bertz CT molecular complexity index is 1130. The molecular weight excluding hydrogens is 415 g/mol. The minimum Gasteiger partial charge on any atom is -0.497 e. The molecule has 1 N–H and O–H groups in total. The van der Waals surface area contributed by atoms with Gasteiger partial charge in [-0.2, -0.15) is 4.98 Å². The van der Waals surface area contributed by atoms with Crippen LogP contribution in [0.25, 0.3) is 11.4 Å². The van der Waals surface area contributed by atoms with Crippen molar-refractivity contribution in [3.63, 3.8) is 0 Å². The highest BCUT2D eigenvalue weighted by Crippen LogP contribution is 2.21. The maximum absolute atomic E-state index is 13.1. The van der Waals surface area contributed by atoms with E-state index in [9.17, 15) is 17.6 Å². The summed E-state index contributed by atoms with van der Waals surface area (Å²) in [6.45, 7) is -0.571. The van der Waals surface area contributed by atoms with Gasteiger partial charge in [-0.1, -0.05) is 17.3 Å². The summed E-state index contributed by atoms with van der Waals surface area (Å²) in [5, 5.41) is 6.39. The lowest BCUT2D eigenvalue weighted by Crippen LogP contribution is -2.40. The summed E-state index contributed by atoms with van der Waals surface area (Å²) in [5.41, 5.74) is 0.849. The molecule has 2 aromatic carbocycles. The van der Waals surface area contributed by atoms with Crippen LogP contribution in [0.1, 0.15) is 5.89 Å². The summed E-state index contributed by atoms with van der Waals surface area (Å²) in [6.07, 6.45) is 0.960. The number of amides is 1. The first-order valence-corrected chi connectivity index (χ1v) is 10.6. The summed E-state index contributed by atoms with van der Waals surface area (Å²) >= 11 is 0. The third kappa shape index (κ3) is 5.32. The Balaban J connectivity index is 1.65. The highest BCUT2D eigenvalue weighted by molar-refractivity contribution is 7.92. The zero-order valence-corrected chi connectivity index (χ0v) is 17.0. The predicted molar refractivity (Wildman–Crippen MR) is 107 cm³/mol. The van der Waals surface area contributed by atoms with Crippen LogP contribution in [0.4, 0.5) is 10.1 Å². The summed E-state index contributed by atoms with van der Waals surface area (Å²) < 4.78 is 48.3. The average Bonchev–Trinajstić information content (AvgIpc) is 3.20. The topological polar surface area (TPSA) is 115 Å². The van der Waals surface area contributed by atoms with Gasteiger partial charge >= 0.3 is 0 Å². The van der Waals surface area contributed by atoms with Gasteiger partial charge in [-0.15, -0.1) is 0 Å². The molecule has 0 unspecified atom stereocenters. The summed E-state index contributed by atoms with van der Waals surface area (Å²) in [7, 11) is -2.22. The van der Waals surface area contributed by atoms with Gasteiger partial charge in [-0.05, 0) is 36.4 Å². The maximum atomic E-state index is 13.1. The van der Waals surface area contributed by atoms with Crippen LogP contribution < -0.4 is 14.4 Å². The van der Waals surface area contributed by atoms with E-state index < -0.39 is 28.3 Å². The highest BCUT2D eigenvalue weighted by atomic mass is 32.2. The molecule has 3 rings (SSSR count). The Kier molecular flexibility index (Phi) is 6.31. The summed E-state index contributed by atoms with van der Waals surface area (Å²) in [6, 6.07) is 11.9. The molecule has 0 aliphatic carbocycles. The van der Waals surface area contributed by atoms with Crippen molar-refractivity contribution in [2.24, 2.45) is 0 Å². The summed E-state index contributed by atoms with van der Waals surface area (Å²) in [4.78, 5) is 16.5. The van der Waals surface area contributed by atoms with Crippen molar-refractivity contribution in [2.45, 2.75) is 6.54 Å². The van der Waals surface area contributed by atoms with Crippen molar-refractivity contribution in [2.75, 3.05) is 24.2 Å². The van der Waals surface area contributed by atoms with Crippen LogP contribution in [-0.2, 0) is 21.4 Å². The molecule has 9 nitrogen and oxygen atoms in total. The third-order valence-electron chi connectivity index (χ3n) is 4.03. The lowest BCUT2D eigenvalue weighted by atomic mass is 10.2. The number of nitrogens with one attached hydrogen (secondary N) is 1. The smallest absolute Gasteiger partial charge is 0.246 e. The fourth-order valence-electron chi connectivity index (χ4n) is 2.57. The fraction of sp³-hybridized carbons (Fsp3) is 0.211. The molecule has 0 saturated heterocycles. The largest absolute Gasteiger partial charge is 0.497 e. The Hall–Kier alpha value is -3.47. The molecule has 0 fully saturated rings. The van der Waals surface area contributed by atoms with E-state index in [4.69, 9.17) is 9.26 Å². The van der Waals surface area contributed by atoms with Crippen LogP contribution in [0, 0.1) is 5.82 Å². The van der Waals surface area contributed by atoms with Crippen molar-refractivity contribution < 1.29 is 26.9 Å². The fourth-order valence-corrected chi connectivity index (χ4v) is 3.43. The van der Waals surface area contributed by atoms with Crippen molar-refractivity contribution >= 4 is 21.6 Å². The Labute approximate surface area is 172 Å². The molecular formula is C19H19FN4O5S. The van der Waals surface area contributed by atoms with Gasteiger partial charge in [0.25, 0.3) is 0 Å². The first-order valence-electron chi connectivity index (χ1n) is 8.73. The molecule has 0 saturated carbocycles. The number of rotatable bonds is 8. The zero-order chi connectivity index (χ0) is 21.7. The number of methoxy groups -OCH3 is 1. The van der Waals surface area contributed by atoms with Crippen molar-refractivity contribution in [1.29, 1.82) is 0 Å². The Morgan fingerprint density at radius 2 is 1.97 bits per heavy atom. The van der Waals surface area contributed by atoms with Crippen LogP contribution in [0.5, 0.6) is 5.75 Å². The molecule has 0 atom stereocenters. The van der Waals surface area contributed by atoms with Gasteiger partial charge in [0.15, 0.2) is 0 Å². The van der Waals surface area contributed by atoms with Crippen LogP contribution >= 0.6 is 0 Å². The van der Waals surface area contributed by atoms with Gasteiger partial charge in [0.2, 0.25) is 27.6 Å². The molecule has 0 radical (unpaired) electrons. The van der Waals surface area contributed by atoms with Gasteiger partial charge < -0.3 is 14.6 Å². The van der Waals surface area contributed by atoms with Gasteiger partial charge in [0.1, 0.15) is 18.1 Å². The molecule has 0 aliphatic rings. The van der Waals surface area contributed by atoms with Crippen molar-refractivity contribution in [1.82, 2.24) is 15.5 Å². The van der Waals surface area contributed by atoms with E-state index >= 15 is 0 Å². The number of anilines is 1. The molecule has 0 aliphatic heterocycles. The van der Waals surface area contributed by atoms with Crippen LogP contribution in [-0.4, -0.2) is 44.4 Å². The second-order valence-corrected chi connectivity index (χ2v) is 8.17. The number of nitrogens with zero attached hydrogens (tertiary/aromatic N) is 3. The van der Waals surface area contributed by atoms with Gasteiger partial charge in [0, 0.05) is 5.56 Å². The number of sulfonamides is 1. The van der Waals surface area contributed by atoms with Crippen LogP contribution in [0.2, 0.25) is 0 Å². The number of hydrogen-bond acceptors (Lipinski definition) is 7. The van der Waals surface area contributed by atoms with Crippen molar-refractivity contribution in [3.05, 3.63) is 60.2 Å². The van der Waals surface area contributed by atoms with Gasteiger partial charge in [-0.3, -0.25) is 9.10 Å². The monoisotopic (exact) mass is 434 g/mol. The predicted octanol–water partition coefficient (Wildman–Crippen LogP) is 1.97. The SMILES string of the molecule is COc1cccc(-c2noc(CNC(=O)CN(c3ccc(F)cc3)S(C)(=O)=O)n2)c1. The zero-order valence-electron chi connectivity index (χ0n) is 16.2. The van der Waals surface area contributed by atoms with Gasteiger partial charge in [-0.25, -0.2) is 12.8 Å². The molecule has 1 aromatic heterocycles. The molecule has 0 spiro atoms. The second-order valence-electron chi connectivity index (χ2n) is 6.27. The number of benzene rings is 2. The normalized spacial score (nSPS) is 11.2. The van der Waals surface area contributed by atoms with E-state index in [-0.39, 0.29) is 18.1 Å². The number of carbonyl (C=O) groups excluding carboxylic acids is 1. The third-order valence-corrected chi connectivity index (χ3v) is 5.18. The molecule has 11 heteroatoms. The van der Waals surface area contributed by atoms with E-state index in [0.29, 0.717) is 17.1 Å². The van der Waals surface area contributed by atoms with Crippen LogP contribution in [0.3, 0.4) is 0 Å². The first kappa shape index (κ1) is 21.2. The van der Waals surface area contributed by atoms with E-state index in [0.717, 1.165) is 22.7 Å². The molecule has 1 heterocycles. The van der Waals surface area contributed by atoms with E-state index in [1.807, 2.05) is 0 Å². The lowest BCUT2D eigenvalue weighted by Gasteiger charge is -2.21. The Morgan fingerprint density at radius 1 is 1.23 bits per heavy atom. The quantitative estimate of drug-likeness (QED) is 0.576.